The molecule has 0 aliphatic heterocycles. The number of rotatable bonds is 6. The molecule has 0 bridgehead atoms. The summed E-state index contributed by atoms with van der Waals surface area (Å²) in [5.74, 6) is 4.28. The Balaban J connectivity index is 2.52. The van der Waals surface area contributed by atoms with Gasteiger partial charge in [0.1, 0.15) is 12.4 Å². The van der Waals surface area contributed by atoms with Crippen molar-refractivity contribution in [1.82, 2.24) is 0 Å². The Morgan fingerprint density at radius 3 is 2.80 bits per heavy atom. The number of halogens is 1. The van der Waals surface area contributed by atoms with Crippen LogP contribution in [0.25, 0.3) is 0 Å². The van der Waals surface area contributed by atoms with Crippen LogP contribution in [0.3, 0.4) is 0 Å². The summed E-state index contributed by atoms with van der Waals surface area (Å²) >= 11 is 0. The first-order valence-corrected chi connectivity index (χ1v) is 6.86. The molecule has 0 saturated heterocycles. The number of benzene rings is 1. The van der Waals surface area contributed by atoms with Gasteiger partial charge in [-0.15, -0.1) is 0 Å². The Labute approximate surface area is 119 Å². The number of aliphatic hydroxyl groups is 1. The molecule has 0 atom stereocenters. The van der Waals surface area contributed by atoms with Crippen molar-refractivity contribution >= 4 is 11.6 Å². The third-order valence-corrected chi connectivity index (χ3v) is 2.81. The van der Waals surface area contributed by atoms with Crippen molar-refractivity contribution in [2.45, 2.75) is 39.0 Å². The molecule has 0 saturated carbocycles. The summed E-state index contributed by atoms with van der Waals surface area (Å²) in [7, 11) is 0. The van der Waals surface area contributed by atoms with Crippen LogP contribution in [0.1, 0.15) is 44.6 Å². The average Bonchev–Trinajstić information content (AvgIpc) is 2.43. The first-order valence-electron chi connectivity index (χ1n) is 6.86. The Morgan fingerprint density at radius 2 is 2.15 bits per heavy atom. The fourth-order valence-electron chi connectivity index (χ4n) is 1.76. The van der Waals surface area contributed by atoms with E-state index in [1.54, 1.807) is 6.07 Å². The van der Waals surface area contributed by atoms with Gasteiger partial charge in [0.05, 0.1) is 5.56 Å². The molecule has 0 radical (unpaired) electrons. The van der Waals surface area contributed by atoms with Crippen LogP contribution in [0, 0.1) is 17.7 Å². The summed E-state index contributed by atoms with van der Waals surface area (Å²) < 4.78 is 13.6. The third kappa shape index (κ3) is 5.85. The maximum atomic E-state index is 13.6. The van der Waals surface area contributed by atoms with Crippen molar-refractivity contribution in [3.8, 4) is 11.8 Å². The second-order valence-electron chi connectivity index (χ2n) is 4.51. The van der Waals surface area contributed by atoms with E-state index in [1.807, 2.05) is 0 Å². The number of amides is 1. The molecule has 0 aliphatic carbocycles. The van der Waals surface area contributed by atoms with Gasteiger partial charge in [-0.2, -0.15) is 0 Å². The van der Waals surface area contributed by atoms with Crippen LogP contribution in [0.2, 0.25) is 0 Å². The van der Waals surface area contributed by atoms with Gasteiger partial charge in [-0.1, -0.05) is 38.0 Å². The number of aliphatic hydroxyl groups excluding tert-OH is 1. The topological polar surface area (TPSA) is 49.3 Å². The lowest BCUT2D eigenvalue weighted by molar-refractivity contribution is -0.116. The largest absolute Gasteiger partial charge is 0.384 e. The molecule has 108 valence electrons. The number of hydrogen-bond donors (Lipinski definition) is 2. The van der Waals surface area contributed by atoms with Crippen LogP contribution >= 0.6 is 0 Å². The summed E-state index contributed by atoms with van der Waals surface area (Å²) in [6.07, 6.45) is 4.59. The number of hydrogen-bond acceptors (Lipinski definition) is 2. The van der Waals surface area contributed by atoms with E-state index in [0.717, 1.165) is 25.7 Å². The van der Waals surface area contributed by atoms with Crippen molar-refractivity contribution in [2.75, 3.05) is 11.9 Å². The van der Waals surface area contributed by atoms with Crippen molar-refractivity contribution < 1.29 is 14.3 Å². The average molecular weight is 277 g/mol. The number of nitrogens with one attached hydrogen (secondary N) is 1. The van der Waals surface area contributed by atoms with Gasteiger partial charge in [-0.3, -0.25) is 4.79 Å². The van der Waals surface area contributed by atoms with Gasteiger partial charge in [-0.25, -0.2) is 4.39 Å². The van der Waals surface area contributed by atoms with E-state index in [2.05, 4.69) is 24.1 Å². The lowest BCUT2D eigenvalue weighted by atomic mass is 10.1. The number of anilines is 1. The van der Waals surface area contributed by atoms with Crippen LogP contribution in [0.5, 0.6) is 0 Å². The molecular weight excluding hydrogens is 257 g/mol. The molecule has 0 spiro atoms. The molecule has 1 aromatic rings. The minimum atomic E-state index is -0.505. The molecule has 3 nitrogen and oxygen atoms in total. The first kappa shape index (κ1) is 16.2. The Kier molecular flexibility index (Phi) is 7.38. The van der Waals surface area contributed by atoms with Crippen LogP contribution in [0.4, 0.5) is 10.1 Å². The van der Waals surface area contributed by atoms with Crippen molar-refractivity contribution in [3.05, 3.63) is 29.6 Å². The summed E-state index contributed by atoms with van der Waals surface area (Å²) in [6.45, 7) is 1.81. The SMILES string of the molecule is CCCCCCC(=O)Nc1ccc(C#CCO)c(F)c1. The number of carbonyl (C=O) groups is 1. The minimum Gasteiger partial charge on any atom is -0.384 e. The Bertz CT molecular complexity index is 503. The van der Waals surface area contributed by atoms with Gasteiger partial charge in [0.15, 0.2) is 0 Å². The number of unbranched alkanes of at least 4 members (excludes halogenated alkanes) is 3. The van der Waals surface area contributed by atoms with E-state index in [4.69, 9.17) is 5.11 Å². The van der Waals surface area contributed by atoms with Crippen molar-refractivity contribution in [3.63, 3.8) is 0 Å². The Morgan fingerprint density at radius 1 is 1.35 bits per heavy atom. The quantitative estimate of drug-likeness (QED) is 0.620. The van der Waals surface area contributed by atoms with Crippen molar-refractivity contribution in [1.29, 1.82) is 0 Å². The molecule has 0 aromatic heterocycles. The lowest BCUT2D eigenvalue weighted by Gasteiger charge is -2.06. The highest BCUT2D eigenvalue weighted by Crippen LogP contribution is 2.14. The molecule has 0 fully saturated rings. The van der Waals surface area contributed by atoms with E-state index in [9.17, 15) is 9.18 Å². The molecule has 4 heteroatoms. The van der Waals surface area contributed by atoms with Gasteiger partial charge in [0.25, 0.3) is 0 Å². The highest BCUT2D eigenvalue weighted by Gasteiger charge is 2.05. The first-order chi connectivity index (χ1) is 9.67. The van der Waals surface area contributed by atoms with Crippen LogP contribution in [-0.4, -0.2) is 17.6 Å². The number of carbonyl (C=O) groups excluding carboxylic acids is 1. The molecule has 20 heavy (non-hydrogen) atoms. The normalized spacial score (nSPS) is 9.75. The van der Waals surface area contributed by atoms with E-state index < -0.39 is 5.82 Å². The van der Waals surface area contributed by atoms with Gasteiger partial charge in [0.2, 0.25) is 5.91 Å². The standard InChI is InChI=1S/C16H20FNO2/c1-2-3-4-5-8-16(20)18-14-10-9-13(7-6-11-19)15(17)12-14/h9-10,12,19H,2-5,8,11H2,1H3,(H,18,20). The third-order valence-electron chi connectivity index (χ3n) is 2.81. The summed E-state index contributed by atoms with van der Waals surface area (Å²) in [6, 6.07) is 4.34. The van der Waals surface area contributed by atoms with Gasteiger partial charge in [0, 0.05) is 12.1 Å². The summed E-state index contributed by atoms with van der Waals surface area (Å²) in [4.78, 5) is 11.6. The highest BCUT2D eigenvalue weighted by molar-refractivity contribution is 5.90. The van der Waals surface area contributed by atoms with E-state index in [1.165, 1.54) is 12.1 Å². The Hall–Kier alpha value is -1.86. The summed E-state index contributed by atoms with van der Waals surface area (Å²) in [5, 5.41) is 11.2. The van der Waals surface area contributed by atoms with Gasteiger partial charge >= 0.3 is 0 Å². The van der Waals surface area contributed by atoms with Crippen LogP contribution in [-0.2, 0) is 4.79 Å². The zero-order valence-electron chi connectivity index (χ0n) is 11.7. The molecule has 1 aromatic carbocycles. The van der Waals surface area contributed by atoms with E-state index in [-0.39, 0.29) is 18.1 Å². The molecular formula is C16H20FNO2. The second kappa shape index (κ2) is 9.11. The maximum Gasteiger partial charge on any atom is 0.224 e. The van der Waals surface area contributed by atoms with E-state index in [0.29, 0.717) is 12.1 Å². The smallest absolute Gasteiger partial charge is 0.224 e. The zero-order chi connectivity index (χ0) is 14.8. The van der Waals surface area contributed by atoms with Gasteiger partial charge < -0.3 is 10.4 Å². The molecule has 1 rings (SSSR count). The maximum absolute atomic E-state index is 13.6. The van der Waals surface area contributed by atoms with E-state index >= 15 is 0 Å². The molecule has 0 unspecified atom stereocenters. The van der Waals surface area contributed by atoms with Crippen LogP contribution in [0.15, 0.2) is 18.2 Å². The molecule has 0 heterocycles. The second-order valence-corrected chi connectivity index (χ2v) is 4.51. The zero-order valence-corrected chi connectivity index (χ0v) is 11.7. The predicted octanol–water partition coefficient (Wildman–Crippen LogP) is 3.08. The highest BCUT2D eigenvalue weighted by atomic mass is 19.1. The van der Waals surface area contributed by atoms with Crippen molar-refractivity contribution in [2.24, 2.45) is 0 Å². The fourth-order valence-corrected chi connectivity index (χ4v) is 1.76. The van der Waals surface area contributed by atoms with Gasteiger partial charge in [-0.05, 0) is 24.6 Å². The molecule has 0 aliphatic rings. The minimum absolute atomic E-state index is 0.102. The summed E-state index contributed by atoms with van der Waals surface area (Å²) in [5.41, 5.74) is 0.637. The monoisotopic (exact) mass is 277 g/mol. The molecule has 2 N–H and O–H groups in total. The predicted molar refractivity (Wildman–Crippen MR) is 77.8 cm³/mol. The lowest BCUT2D eigenvalue weighted by Crippen LogP contribution is -2.11. The molecule has 1 amide bonds. The van der Waals surface area contributed by atoms with Crippen LogP contribution < -0.4 is 5.32 Å². The fraction of sp³-hybridized carbons (Fsp3) is 0.438.